The molecular weight excluding hydrogens is 259 g/mol. The Morgan fingerprint density at radius 3 is 2.65 bits per heavy atom. The van der Waals surface area contributed by atoms with Crippen LogP contribution >= 0.6 is 0 Å². The summed E-state index contributed by atoms with van der Waals surface area (Å²) in [4.78, 5) is 12.1. The lowest BCUT2D eigenvalue weighted by molar-refractivity contribution is 0.102. The minimum Gasteiger partial charge on any atom is -0.507 e. The Kier molecular flexibility index (Phi) is 4.00. The maximum atomic E-state index is 12.9. The van der Waals surface area contributed by atoms with E-state index in [1.807, 2.05) is 12.1 Å². The molecule has 1 amide bonds. The third-order valence-electron chi connectivity index (χ3n) is 2.90. The maximum Gasteiger partial charge on any atom is 0.259 e. The first-order chi connectivity index (χ1) is 9.49. The molecule has 0 bridgehead atoms. The first kappa shape index (κ1) is 14.0. The normalized spacial score (nSPS) is 11.9. The van der Waals surface area contributed by atoms with Crippen molar-refractivity contribution in [2.24, 2.45) is 5.73 Å². The number of halogens is 1. The number of phenolic OH excluding ortho intramolecular Hbond substituents is 1. The molecule has 0 radical (unpaired) electrons. The van der Waals surface area contributed by atoms with E-state index in [9.17, 15) is 14.3 Å². The highest BCUT2D eigenvalue weighted by Crippen LogP contribution is 2.24. The topological polar surface area (TPSA) is 75.3 Å². The molecule has 0 aliphatic rings. The molecular formula is C15H15FN2O2. The van der Waals surface area contributed by atoms with Crippen LogP contribution in [0.4, 0.5) is 10.1 Å². The largest absolute Gasteiger partial charge is 0.507 e. The van der Waals surface area contributed by atoms with Crippen LogP contribution in [0.5, 0.6) is 5.75 Å². The Balaban J connectivity index is 2.28. The second kappa shape index (κ2) is 5.71. The monoisotopic (exact) mass is 274 g/mol. The number of hydrogen-bond acceptors (Lipinski definition) is 3. The molecule has 2 aromatic rings. The van der Waals surface area contributed by atoms with Crippen LogP contribution in [0.2, 0.25) is 0 Å². The molecule has 0 aliphatic heterocycles. The summed E-state index contributed by atoms with van der Waals surface area (Å²) in [5.74, 6) is -1.52. The molecule has 2 aromatic carbocycles. The fraction of sp³-hybridized carbons (Fsp3) is 0.133. The summed E-state index contributed by atoms with van der Waals surface area (Å²) >= 11 is 0. The van der Waals surface area contributed by atoms with E-state index in [2.05, 4.69) is 5.32 Å². The third-order valence-corrected chi connectivity index (χ3v) is 2.90. The summed E-state index contributed by atoms with van der Waals surface area (Å²) < 4.78 is 12.9. The minimum absolute atomic E-state index is 0.00544. The van der Waals surface area contributed by atoms with Gasteiger partial charge in [0.15, 0.2) is 0 Å². The number of phenols is 1. The predicted octanol–water partition coefficient (Wildman–Crippen LogP) is 2.80. The van der Waals surface area contributed by atoms with Gasteiger partial charge in [-0.3, -0.25) is 4.79 Å². The summed E-state index contributed by atoms with van der Waals surface area (Å²) in [5.41, 5.74) is 7.18. The summed E-state index contributed by atoms with van der Waals surface area (Å²) in [6.45, 7) is 1.81. The fourth-order valence-corrected chi connectivity index (χ4v) is 1.89. The van der Waals surface area contributed by atoms with Crippen LogP contribution < -0.4 is 11.1 Å². The van der Waals surface area contributed by atoms with Gasteiger partial charge >= 0.3 is 0 Å². The molecule has 20 heavy (non-hydrogen) atoms. The number of carbonyl (C=O) groups is 1. The van der Waals surface area contributed by atoms with E-state index >= 15 is 0 Å². The standard InChI is InChI=1S/C15H15FN2O2/c1-9(17)11-4-2-3-5-13(11)18-15(20)12-7-6-10(16)8-14(12)19/h2-9,19H,17H2,1H3,(H,18,20). The first-order valence-electron chi connectivity index (χ1n) is 6.13. The van der Waals surface area contributed by atoms with Crippen molar-refractivity contribution in [3.05, 3.63) is 59.4 Å². The van der Waals surface area contributed by atoms with E-state index in [0.29, 0.717) is 5.69 Å². The number of carbonyl (C=O) groups excluding carboxylic acids is 1. The van der Waals surface area contributed by atoms with Gasteiger partial charge in [-0.2, -0.15) is 0 Å². The third kappa shape index (κ3) is 2.95. The highest BCUT2D eigenvalue weighted by Gasteiger charge is 2.14. The van der Waals surface area contributed by atoms with Gasteiger partial charge in [0.1, 0.15) is 11.6 Å². The number of para-hydroxylation sites is 1. The lowest BCUT2D eigenvalue weighted by Crippen LogP contribution is -2.16. The maximum absolute atomic E-state index is 12.9. The second-order valence-electron chi connectivity index (χ2n) is 4.49. The number of amides is 1. The Bertz CT molecular complexity index is 642. The average Bonchev–Trinajstić information content (AvgIpc) is 2.38. The number of nitrogens with two attached hydrogens (primary N) is 1. The van der Waals surface area contributed by atoms with Gasteiger partial charge in [0.05, 0.1) is 5.56 Å². The minimum atomic E-state index is -0.602. The molecule has 5 heteroatoms. The van der Waals surface area contributed by atoms with Gasteiger partial charge in [-0.25, -0.2) is 4.39 Å². The summed E-state index contributed by atoms with van der Waals surface area (Å²) in [7, 11) is 0. The van der Waals surface area contributed by atoms with Crippen molar-refractivity contribution in [2.75, 3.05) is 5.32 Å². The molecule has 104 valence electrons. The lowest BCUT2D eigenvalue weighted by atomic mass is 10.1. The number of anilines is 1. The quantitative estimate of drug-likeness (QED) is 0.805. The van der Waals surface area contributed by atoms with Crippen LogP contribution in [0.25, 0.3) is 0 Å². The molecule has 1 atom stereocenters. The van der Waals surface area contributed by atoms with Crippen LogP contribution in [-0.4, -0.2) is 11.0 Å². The number of hydrogen-bond donors (Lipinski definition) is 3. The number of benzene rings is 2. The van der Waals surface area contributed by atoms with E-state index in [1.54, 1.807) is 19.1 Å². The van der Waals surface area contributed by atoms with E-state index in [-0.39, 0.29) is 11.6 Å². The molecule has 0 spiro atoms. The fourth-order valence-electron chi connectivity index (χ4n) is 1.89. The Hall–Kier alpha value is -2.40. The molecule has 0 aliphatic carbocycles. The Labute approximate surface area is 116 Å². The van der Waals surface area contributed by atoms with Crippen molar-refractivity contribution in [1.82, 2.24) is 0 Å². The van der Waals surface area contributed by atoms with Crippen LogP contribution in [0, 0.1) is 5.82 Å². The van der Waals surface area contributed by atoms with E-state index in [4.69, 9.17) is 5.73 Å². The molecule has 0 heterocycles. The number of rotatable bonds is 3. The predicted molar refractivity (Wildman–Crippen MR) is 75.1 cm³/mol. The average molecular weight is 274 g/mol. The van der Waals surface area contributed by atoms with E-state index in [0.717, 1.165) is 17.7 Å². The molecule has 2 rings (SSSR count). The first-order valence-corrected chi connectivity index (χ1v) is 6.13. The Morgan fingerprint density at radius 1 is 1.30 bits per heavy atom. The van der Waals surface area contributed by atoms with Gasteiger partial charge in [0.2, 0.25) is 0 Å². The van der Waals surface area contributed by atoms with E-state index < -0.39 is 17.5 Å². The smallest absolute Gasteiger partial charge is 0.259 e. The van der Waals surface area contributed by atoms with E-state index in [1.165, 1.54) is 6.07 Å². The molecule has 0 aromatic heterocycles. The van der Waals surface area contributed by atoms with Crippen LogP contribution in [0.15, 0.2) is 42.5 Å². The van der Waals surface area contributed by atoms with Gasteiger partial charge < -0.3 is 16.2 Å². The molecule has 0 fully saturated rings. The zero-order valence-corrected chi connectivity index (χ0v) is 10.9. The van der Waals surface area contributed by atoms with Gasteiger partial charge in [0, 0.05) is 17.8 Å². The van der Waals surface area contributed by atoms with Gasteiger partial charge in [-0.1, -0.05) is 18.2 Å². The lowest BCUT2D eigenvalue weighted by Gasteiger charge is -2.14. The van der Waals surface area contributed by atoms with Crippen molar-refractivity contribution in [1.29, 1.82) is 0 Å². The molecule has 4 nitrogen and oxygen atoms in total. The number of nitrogens with one attached hydrogen (secondary N) is 1. The zero-order valence-electron chi connectivity index (χ0n) is 10.9. The molecule has 4 N–H and O–H groups in total. The highest BCUT2D eigenvalue weighted by atomic mass is 19.1. The van der Waals surface area contributed by atoms with Crippen molar-refractivity contribution in [3.63, 3.8) is 0 Å². The number of aromatic hydroxyl groups is 1. The van der Waals surface area contributed by atoms with Crippen molar-refractivity contribution in [2.45, 2.75) is 13.0 Å². The van der Waals surface area contributed by atoms with Crippen LogP contribution in [0.1, 0.15) is 28.9 Å². The van der Waals surface area contributed by atoms with Crippen molar-refractivity contribution >= 4 is 11.6 Å². The highest BCUT2D eigenvalue weighted by molar-refractivity contribution is 6.06. The van der Waals surface area contributed by atoms with Crippen molar-refractivity contribution < 1.29 is 14.3 Å². The zero-order chi connectivity index (χ0) is 14.7. The van der Waals surface area contributed by atoms with Gasteiger partial charge in [-0.15, -0.1) is 0 Å². The van der Waals surface area contributed by atoms with Crippen molar-refractivity contribution in [3.8, 4) is 5.75 Å². The van der Waals surface area contributed by atoms with Crippen LogP contribution in [0.3, 0.4) is 0 Å². The SMILES string of the molecule is CC(N)c1ccccc1NC(=O)c1ccc(F)cc1O. The second-order valence-corrected chi connectivity index (χ2v) is 4.49. The van der Waals surface area contributed by atoms with Gasteiger partial charge in [0.25, 0.3) is 5.91 Å². The summed E-state index contributed by atoms with van der Waals surface area (Å²) in [6.07, 6.45) is 0. The summed E-state index contributed by atoms with van der Waals surface area (Å²) in [6, 6.07) is 10.1. The Morgan fingerprint density at radius 2 is 2.00 bits per heavy atom. The van der Waals surface area contributed by atoms with Gasteiger partial charge in [-0.05, 0) is 30.7 Å². The molecule has 0 saturated heterocycles. The van der Waals surface area contributed by atoms with Crippen LogP contribution in [-0.2, 0) is 0 Å². The summed E-state index contributed by atoms with van der Waals surface area (Å²) in [5, 5.41) is 12.3. The molecule has 0 saturated carbocycles. The molecule has 1 unspecified atom stereocenters.